The van der Waals surface area contributed by atoms with Crippen LogP contribution in [0.15, 0.2) is 47.4 Å². The predicted octanol–water partition coefficient (Wildman–Crippen LogP) is 2.25. The first-order valence-corrected chi connectivity index (χ1v) is 8.02. The monoisotopic (exact) mass is 339 g/mol. The quantitative estimate of drug-likeness (QED) is 0.621. The highest BCUT2D eigenvalue weighted by molar-refractivity contribution is 7.89. The number of rotatable bonds is 6. The maximum Gasteiger partial charge on any atom is 0.292 e. The number of nitrogens with one attached hydrogen (secondary N) is 2. The summed E-state index contributed by atoms with van der Waals surface area (Å²) in [5.41, 5.74) is 0.515. The summed E-state index contributed by atoms with van der Waals surface area (Å²) in [4.78, 5) is 10.4. The number of nitro benzene ring substituents is 1. The van der Waals surface area contributed by atoms with Crippen LogP contribution in [-0.4, -0.2) is 20.4 Å². The van der Waals surface area contributed by atoms with Gasteiger partial charge in [0.15, 0.2) is 0 Å². The van der Waals surface area contributed by atoms with Gasteiger partial charge in [-0.1, -0.05) is 12.1 Å². The molecule has 2 aromatic carbocycles. The second-order valence-electron chi connectivity index (χ2n) is 4.62. The Morgan fingerprint density at radius 2 is 1.83 bits per heavy atom. The molecule has 0 spiro atoms. The topological polar surface area (TPSA) is 101 Å². The molecule has 0 saturated carbocycles. The lowest BCUT2D eigenvalue weighted by Gasteiger charge is -2.08. The van der Waals surface area contributed by atoms with Gasteiger partial charge >= 0.3 is 0 Å². The van der Waals surface area contributed by atoms with Crippen LogP contribution in [0.3, 0.4) is 0 Å². The molecule has 0 atom stereocenters. The molecule has 2 N–H and O–H groups in total. The van der Waals surface area contributed by atoms with Crippen LogP contribution in [0.1, 0.15) is 5.56 Å². The lowest BCUT2D eigenvalue weighted by atomic mass is 10.2. The van der Waals surface area contributed by atoms with E-state index in [2.05, 4.69) is 10.0 Å². The summed E-state index contributed by atoms with van der Waals surface area (Å²) in [6, 6.07) is 9.12. The largest absolute Gasteiger partial charge is 0.375 e. The van der Waals surface area contributed by atoms with Crippen molar-refractivity contribution in [1.82, 2.24) is 4.72 Å². The van der Waals surface area contributed by atoms with E-state index in [9.17, 15) is 22.9 Å². The summed E-state index contributed by atoms with van der Waals surface area (Å²) in [5, 5.41) is 13.7. The summed E-state index contributed by atoms with van der Waals surface area (Å²) >= 11 is 0. The molecule has 7 nitrogen and oxygen atoms in total. The predicted molar refractivity (Wildman–Crippen MR) is 83.1 cm³/mol. The molecule has 122 valence electrons. The highest BCUT2D eigenvalue weighted by Crippen LogP contribution is 2.25. The average molecular weight is 339 g/mol. The van der Waals surface area contributed by atoms with Crippen LogP contribution in [0.4, 0.5) is 15.8 Å². The van der Waals surface area contributed by atoms with Crippen molar-refractivity contribution >= 4 is 21.4 Å². The maximum absolute atomic E-state index is 13.2. The summed E-state index contributed by atoms with van der Waals surface area (Å²) in [6.07, 6.45) is 0. The molecule has 0 unspecified atom stereocenters. The summed E-state index contributed by atoms with van der Waals surface area (Å²) in [5.74, 6) is -0.589. The number of sulfonamides is 1. The highest BCUT2D eigenvalue weighted by atomic mass is 32.2. The van der Waals surface area contributed by atoms with Gasteiger partial charge < -0.3 is 5.32 Å². The molecule has 0 aliphatic carbocycles. The van der Waals surface area contributed by atoms with E-state index in [1.54, 1.807) is 12.1 Å². The molecule has 0 aliphatic heterocycles. The van der Waals surface area contributed by atoms with Crippen molar-refractivity contribution < 1.29 is 17.7 Å². The number of halogens is 1. The zero-order valence-corrected chi connectivity index (χ0v) is 12.9. The van der Waals surface area contributed by atoms with Gasteiger partial charge in [0.05, 0.1) is 9.82 Å². The summed E-state index contributed by atoms with van der Waals surface area (Å²) in [6.45, 7) is 0.185. The van der Waals surface area contributed by atoms with Crippen molar-refractivity contribution in [3.8, 4) is 0 Å². The first kappa shape index (κ1) is 16.8. The van der Waals surface area contributed by atoms with E-state index in [-0.39, 0.29) is 22.8 Å². The van der Waals surface area contributed by atoms with Crippen LogP contribution in [-0.2, 0) is 16.6 Å². The third kappa shape index (κ3) is 4.02. The van der Waals surface area contributed by atoms with E-state index in [0.29, 0.717) is 5.56 Å². The first-order valence-electron chi connectivity index (χ1n) is 6.54. The van der Waals surface area contributed by atoms with Crippen molar-refractivity contribution in [3.05, 3.63) is 64.0 Å². The van der Waals surface area contributed by atoms with Crippen LogP contribution in [0.2, 0.25) is 0 Å². The summed E-state index contributed by atoms with van der Waals surface area (Å²) in [7, 11) is -2.20. The zero-order valence-electron chi connectivity index (χ0n) is 12.1. The van der Waals surface area contributed by atoms with Crippen LogP contribution >= 0.6 is 0 Å². The van der Waals surface area contributed by atoms with Gasteiger partial charge in [-0.3, -0.25) is 10.1 Å². The molecule has 2 aromatic rings. The Morgan fingerprint density at radius 3 is 2.39 bits per heavy atom. The lowest BCUT2D eigenvalue weighted by Crippen LogP contribution is -2.18. The van der Waals surface area contributed by atoms with Gasteiger partial charge in [-0.2, -0.15) is 0 Å². The number of anilines is 1. The fourth-order valence-corrected chi connectivity index (χ4v) is 2.64. The molecular formula is C14H14FN3O4S. The SMILES string of the molecule is CNS(=O)(=O)c1ccc(CNc2cc(F)ccc2[N+](=O)[O-])cc1. The molecule has 0 amide bonds. The van der Waals surface area contributed by atoms with Crippen LogP contribution in [0.25, 0.3) is 0 Å². The molecule has 0 saturated heterocycles. The number of hydrogen-bond donors (Lipinski definition) is 2. The molecule has 0 bridgehead atoms. The molecule has 9 heteroatoms. The van der Waals surface area contributed by atoms with Crippen molar-refractivity contribution in [2.75, 3.05) is 12.4 Å². The van der Waals surface area contributed by atoms with E-state index >= 15 is 0 Å². The Balaban J connectivity index is 2.16. The fourth-order valence-electron chi connectivity index (χ4n) is 1.91. The van der Waals surface area contributed by atoms with E-state index in [1.165, 1.54) is 19.2 Å². The van der Waals surface area contributed by atoms with Crippen molar-refractivity contribution in [2.45, 2.75) is 11.4 Å². The van der Waals surface area contributed by atoms with E-state index in [0.717, 1.165) is 18.2 Å². The van der Waals surface area contributed by atoms with Crippen LogP contribution in [0, 0.1) is 15.9 Å². The Kier molecular flexibility index (Phi) is 4.92. The van der Waals surface area contributed by atoms with Gasteiger partial charge in [0, 0.05) is 18.7 Å². The molecule has 0 aliphatic rings. The van der Waals surface area contributed by atoms with Crippen molar-refractivity contribution in [1.29, 1.82) is 0 Å². The minimum Gasteiger partial charge on any atom is -0.375 e. The number of nitro groups is 1. The Hall–Kier alpha value is -2.52. The second kappa shape index (κ2) is 6.71. The van der Waals surface area contributed by atoms with Crippen LogP contribution in [0.5, 0.6) is 0 Å². The lowest BCUT2D eigenvalue weighted by molar-refractivity contribution is -0.384. The van der Waals surface area contributed by atoms with Crippen molar-refractivity contribution in [2.24, 2.45) is 0 Å². The Morgan fingerprint density at radius 1 is 1.17 bits per heavy atom. The van der Waals surface area contributed by atoms with Gasteiger partial charge in [-0.15, -0.1) is 0 Å². The second-order valence-corrected chi connectivity index (χ2v) is 6.51. The van der Waals surface area contributed by atoms with E-state index in [4.69, 9.17) is 0 Å². The molecule has 0 radical (unpaired) electrons. The zero-order chi connectivity index (χ0) is 17.0. The molecular weight excluding hydrogens is 325 g/mol. The number of nitrogens with zero attached hydrogens (tertiary/aromatic N) is 1. The van der Waals surface area contributed by atoms with Gasteiger partial charge in [-0.05, 0) is 30.8 Å². The standard InChI is InChI=1S/C14H14FN3O4S/c1-16-23(21,22)12-5-2-10(3-6-12)9-17-13-8-11(15)4-7-14(13)18(19)20/h2-8,16-17H,9H2,1H3. The average Bonchev–Trinajstić information content (AvgIpc) is 2.53. The first-order chi connectivity index (χ1) is 10.8. The van der Waals surface area contributed by atoms with Gasteiger partial charge in [0.2, 0.25) is 10.0 Å². The fraction of sp³-hybridized carbons (Fsp3) is 0.143. The third-order valence-corrected chi connectivity index (χ3v) is 4.57. The summed E-state index contributed by atoms with van der Waals surface area (Å²) < 4.78 is 38.6. The molecule has 0 fully saturated rings. The Bertz CT molecular complexity index is 822. The number of hydrogen-bond acceptors (Lipinski definition) is 5. The Labute approximate surface area is 132 Å². The molecule has 2 rings (SSSR count). The van der Waals surface area contributed by atoms with E-state index in [1.807, 2.05) is 0 Å². The minimum absolute atomic E-state index is 0.0573. The number of benzene rings is 2. The van der Waals surface area contributed by atoms with Gasteiger partial charge in [0.25, 0.3) is 5.69 Å². The highest BCUT2D eigenvalue weighted by Gasteiger charge is 2.14. The van der Waals surface area contributed by atoms with Gasteiger partial charge in [-0.25, -0.2) is 17.5 Å². The minimum atomic E-state index is -3.51. The maximum atomic E-state index is 13.2. The van der Waals surface area contributed by atoms with Crippen LogP contribution < -0.4 is 10.0 Å². The third-order valence-electron chi connectivity index (χ3n) is 3.14. The van der Waals surface area contributed by atoms with Crippen molar-refractivity contribution in [3.63, 3.8) is 0 Å². The van der Waals surface area contributed by atoms with Gasteiger partial charge in [0.1, 0.15) is 11.5 Å². The normalized spacial score (nSPS) is 11.2. The molecule has 0 heterocycles. The van der Waals surface area contributed by atoms with E-state index < -0.39 is 20.8 Å². The molecule has 0 aromatic heterocycles. The molecule has 23 heavy (non-hydrogen) atoms. The smallest absolute Gasteiger partial charge is 0.292 e.